The van der Waals surface area contributed by atoms with E-state index in [1.54, 1.807) is 37.3 Å². The molecule has 2 N–H and O–H groups in total. The van der Waals surface area contributed by atoms with Crippen molar-refractivity contribution in [2.45, 2.75) is 6.92 Å². The number of rotatable bonds is 2. The van der Waals surface area contributed by atoms with Gasteiger partial charge in [-0.3, -0.25) is 19.8 Å². The van der Waals surface area contributed by atoms with Crippen LogP contribution in [0.4, 0.5) is 5.69 Å². The molecule has 0 aromatic heterocycles. The molecule has 1 aliphatic rings. The summed E-state index contributed by atoms with van der Waals surface area (Å²) >= 11 is 13.3. The Kier molecular flexibility index (Phi) is 5.31. The molecule has 132 valence electrons. The van der Waals surface area contributed by atoms with Crippen molar-refractivity contribution >= 4 is 75.1 Å². The molecule has 1 heterocycles. The minimum absolute atomic E-state index is 0.00260. The van der Waals surface area contributed by atoms with Crippen LogP contribution in [-0.2, 0) is 9.59 Å². The van der Waals surface area contributed by atoms with Crippen molar-refractivity contribution in [3.63, 3.8) is 0 Å². The largest absolute Gasteiger partial charge is 0.507 e. The van der Waals surface area contributed by atoms with E-state index in [0.717, 1.165) is 0 Å². The van der Waals surface area contributed by atoms with Gasteiger partial charge < -0.3 is 5.11 Å². The van der Waals surface area contributed by atoms with Gasteiger partial charge in [0.1, 0.15) is 11.3 Å². The Morgan fingerprint density at radius 2 is 2.00 bits per heavy atom. The number of carbonyl (C=O) groups is 2. The molecular weight excluding hydrogens is 487 g/mol. The molecule has 1 saturated heterocycles. The van der Waals surface area contributed by atoms with Crippen LogP contribution in [0.3, 0.4) is 0 Å². The zero-order valence-electron chi connectivity index (χ0n) is 13.4. The first kappa shape index (κ1) is 18.8. The Balaban J connectivity index is 2.07. The third kappa shape index (κ3) is 3.46. The topological polar surface area (TPSA) is 69.6 Å². The summed E-state index contributed by atoms with van der Waals surface area (Å²) in [7, 11) is 0. The van der Waals surface area contributed by atoms with Crippen molar-refractivity contribution in [3.8, 4) is 5.75 Å². The summed E-state index contributed by atoms with van der Waals surface area (Å²) in [6, 6.07) is 9.93. The highest BCUT2D eigenvalue weighted by Gasteiger charge is 2.35. The molecule has 0 atom stereocenters. The van der Waals surface area contributed by atoms with Crippen LogP contribution in [0.15, 0.2) is 42.0 Å². The SMILES string of the molecule is Cc1c(Cl)cccc1N1C(=O)/C(=C/c2ccc(O)c(I)c2)C(=O)NC1=S. The highest BCUT2D eigenvalue weighted by Crippen LogP contribution is 2.30. The van der Waals surface area contributed by atoms with Gasteiger partial charge in [-0.1, -0.05) is 23.7 Å². The summed E-state index contributed by atoms with van der Waals surface area (Å²) in [4.78, 5) is 26.5. The maximum Gasteiger partial charge on any atom is 0.270 e. The number of carbonyl (C=O) groups excluding carboxylic acids is 2. The van der Waals surface area contributed by atoms with Crippen LogP contribution in [0.1, 0.15) is 11.1 Å². The first-order valence-corrected chi connectivity index (χ1v) is 9.31. The van der Waals surface area contributed by atoms with E-state index in [0.29, 0.717) is 25.4 Å². The number of hydrogen-bond acceptors (Lipinski definition) is 4. The zero-order chi connectivity index (χ0) is 19.0. The Bertz CT molecular complexity index is 990. The number of nitrogens with one attached hydrogen (secondary N) is 1. The van der Waals surface area contributed by atoms with Crippen molar-refractivity contribution in [1.29, 1.82) is 0 Å². The maximum absolute atomic E-state index is 13.0. The molecule has 8 heteroatoms. The second kappa shape index (κ2) is 7.34. The van der Waals surface area contributed by atoms with Crippen LogP contribution in [0.2, 0.25) is 5.02 Å². The van der Waals surface area contributed by atoms with E-state index in [2.05, 4.69) is 5.32 Å². The van der Waals surface area contributed by atoms with Gasteiger partial charge in [0.25, 0.3) is 11.8 Å². The minimum atomic E-state index is -0.570. The lowest BCUT2D eigenvalue weighted by Gasteiger charge is -2.30. The van der Waals surface area contributed by atoms with Crippen LogP contribution in [0, 0.1) is 10.5 Å². The molecule has 0 saturated carbocycles. The number of amides is 2. The van der Waals surface area contributed by atoms with Crippen LogP contribution < -0.4 is 10.2 Å². The quantitative estimate of drug-likeness (QED) is 0.286. The van der Waals surface area contributed by atoms with Gasteiger partial charge in [0.05, 0.1) is 9.26 Å². The number of phenols is 1. The normalized spacial score (nSPS) is 16.2. The third-order valence-corrected chi connectivity index (χ3v) is 5.42. The van der Waals surface area contributed by atoms with Crippen molar-refractivity contribution in [3.05, 3.63) is 61.7 Å². The average molecular weight is 499 g/mol. The Labute approximate surface area is 173 Å². The lowest BCUT2D eigenvalue weighted by molar-refractivity contribution is -0.122. The van der Waals surface area contributed by atoms with E-state index in [1.807, 2.05) is 22.6 Å². The molecule has 0 radical (unpaired) electrons. The Hall–Kier alpha value is -1.97. The number of benzene rings is 2. The summed E-state index contributed by atoms with van der Waals surface area (Å²) in [5.41, 5.74) is 1.75. The van der Waals surface area contributed by atoms with Crippen molar-refractivity contribution in [2.75, 3.05) is 4.90 Å². The van der Waals surface area contributed by atoms with Crippen molar-refractivity contribution in [1.82, 2.24) is 5.32 Å². The van der Waals surface area contributed by atoms with Gasteiger partial charge in [0, 0.05) is 5.02 Å². The summed E-state index contributed by atoms with van der Waals surface area (Å²) in [5.74, 6) is -0.976. The molecule has 2 aromatic rings. The lowest BCUT2D eigenvalue weighted by atomic mass is 10.1. The van der Waals surface area contributed by atoms with E-state index in [1.165, 1.54) is 17.0 Å². The fourth-order valence-corrected chi connectivity index (χ4v) is 3.48. The van der Waals surface area contributed by atoms with E-state index in [9.17, 15) is 14.7 Å². The van der Waals surface area contributed by atoms with Crippen molar-refractivity contribution < 1.29 is 14.7 Å². The van der Waals surface area contributed by atoms with E-state index in [4.69, 9.17) is 23.8 Å². The molecule has 0 spiro atoms. The number of phenolic OH excluding ortho intramolecular Hbond substituents is 1. The first-order valence-electron chi connectivity index (χ1n) is 7.44. The fourth-order valence-electron chi connectivity index (χ4n) is 2.49. The monoisotopic (exact) mass is 498 g/mol. The van der Waals surface area contributed by atoms with E-state index in [-0.39, 0.29) is 16.4 Å². The second-order valence-electron chi connectivity index (χ2n) is 5.55. The van der Waals surface area contributed by atoms with Gasteiger partial charge in [-0.2, -0.15) is 0 Å². The molecule has 5 nitrogen and oxygen atoms in total. The predicted octanol–water partition coefficient (Wildman–Crippen LogP) is 3.79. The van der Waals surface area contributed by atoms with Crippen LogP contribution in [-0.4, -0.2) is 22.0 Å². The Morgan fingerprint density at radius 3 is 2.69 bits per heavy atom. The molecule has 1 aliphatic heterocycles. The number of anilines is 1. The van der Waals surface area contributed by atoms with Gasteiger partial charge in [0.15, 0.2) is 5.11 Å². The van der Waals surface area contributed by atoms with E-state index < -0.39 is 11.8 Å². The molecule has 2 aromatic carbocycles. The molecule has 0 unspecified atom stereocenters. The number of hydrogen-bond donors (Lipinski definition) is 2. The molecule has 2 amide bonds. The van der Waals surface area contributed by atoms with Gasteiger partial charge >= 0.3 is 0 Å². The summed E-state index contributed by atoms with van der Waals surface area (Å²) in [6.45, 7) is 1.77. The second-order valence-corrected chi connectivity index (χ2v) is 7.51. The summed E-state index contributed by atoms with van der Waals surface area (Å²) in [6.07, 6.45) is 1.47. The fraction of sp³-hybridized carbons (Fsp3) is 0.0556. The average Bonchev–Trinajstić information content (AvgIpc) is 2.58. The lowest BCUT2D eigenvalue weighted by Crippen LogP contribution is -2.54. The highest BCUT2D eigenvalue weighted by molar-refractivity contribution is 14.1. The van der Waals surface area contributed by atoms with Gasteiger partial charge in [-0.25, -0.2) is 0 Å². The molecule has 0 aliphatic carbocycles. The maximum atomic E-state index is 13.0. The van der Waals surface area contributed by atoms with Crippen LogP contribution in [0.5, 0.6) is 5.75 Å². The Morgan fingerprint density at radius 1 is 1.27 bits per heavy atom. The highest BCUT2D eigenvalue weighted by atomic mass is 127. The molecule has 1 fully saturated rings. The third-order valence-electron chi connectivity index (χ3n) is 3.86. The van der Waals surface area contributed by atoms with Crippen LogP contribution >= 0.6 is 46.4 Å². The predicted molar refractivity (Wildman–Crippen MR) is 113 cm³/mol. The smallest absolute Gasteiger partial charge is 0.270 e. The zero-order valence-corrected chi connectivity index (χ0v) is 17.1. The number of nitrogens with zero attached hydrogens (tertiary/aromatic N) is 1. The molecule has 3 rings (SSSR count). The molecule has 26 heavy (non-hydrogen) atoms. The molecular formula is C18H12ClIN2O3S. The number of halogens is 2. The van der Waals surface area contributed by atoms with Crippen LogP contribution in [0.25, 0.3) is 6.08 Å². The van der Waals surface area contributed by atoms with Gasteiger partial charge in [-0.05, 0) is 83.2 Å². The van der Waals surface area contributed by atoms with E-state index >= 15 is 0 Å². The molecule has 0 bridgehead atoms. The summed E-state index contributed by atoms with van der Waals surface area (Å²) in [5, 5.41) is 12.7. The van der Waals surface area contributed by atoms with Crippen molar-refractivity contribution in [2.24, 2.45) is 0 Å². The number of thiocarbonyl (C=S) groups is 1. The minimum Gasteiger partial charge on any atom is -0.507 e. The summed E-state index contributed by atoms with van der Waals surface area (Å²) < 4.78 is 0.610. The van der Waals surface area contributed by atoms with Gasteiger partial charge in [-0.15, -0.1) is 0 Å². The van der Waals surface area contributed by atoms with Gasteiger partial charge in [0.2, 0.25) is 0 Å². The standard InChI is InChI=1S/C18H12ClIN2O3S/c1-9-12(19)3-2-4-14(9)22-17(25)11(16(24)21-18(22)26)7-10-5-6-15(23)13(20)8-10/h2-8,23H,1H3,(H,21,24,26)/b11-7+. The first-order chi connectivity index (χ1) is 12.3. The number of aromatic hydroxyl groups is 1.